The molecular weight excluding hydrogens is 186 g/mol. The van der Waals surface area contributed by atoms with E-state index in [9.17, 15) is 0 Å². The van der Waals surface area contributed by atoms with Gasteiger partial charge in [0.15, 0.2) is 5.76 Å². The van der Waals surface area contributed by atoms with Crippen LogP contribution in [0.25, 0.3) is 22.7 Å². The highest BCUT2D eigenvalue weighted by atomic mass is 16.3. The standard InChI is InChI=1S/C13H13NO/c1-3-9-10-7-5-6-8-12(10)15-13(9)11(14)4-2/h3-8H,1,14H2,2H3/b11-4+. The van der Waals surface area contributed by atoms with Crippen LogP contribution in [-0.2, 0) is 0 Å². The van der Waals surface area contributed by atoms with Crippen LogP contribution in [0.15, 0.2) is 41.3 Å². The molecule has 0 amide bonds. The van der Waals surface area contributed by atoms with Crippen molar-refractivity contribution in [1.82, 2.24) is 0 Å². The van der Waals surface area contributed by atoms with Crippen LogP contribution in [0.5, 0.6) is 0 Å². The van der Waals surface area contributed by atoms with Gasteiger partial charge in [-0.2, -0.15) is 0 Å². The lowest BCUT2D eigenvalue weighted by Crippen LogP contribution is -1.95. The predicted octanol–water partition coefficient (Wildman–Crippen LogP) is 3.40. The lowest BCUT2D eigenvalue weighted by atomic mass is 10.1. The molecule has 0 unspecified atom stereocenters. The van der Waals surface area contributed by atoms with Crippen molar-refractivity contribution in [3.8, 4) is 0 Å². The summed E-state index contributed by atoms with van der Waals surface area (Å²) >= 11 is 0. The van der Waals surface area contributed by atoms with Gasteiger partial charge in [0.1, 0.15) is 5.58 Å². The maximum atomic E-state index is 5.85. The van der Waals surface area contributed by atoms with Gasteiger partial charge < -0.3 is 10.2 Å². The highest BCUT2D eigenvalue weighted by Gasteiger charge is 2.12. The summed E-state index contributed by atoms with van der Waals surface area (Å²) in [6.45, 7) is 5.67. The first-order chi connectivity index (χ1) is 7.27. The summed E-state index contributed by atoms with van der Waals surface area (Å²) in [5.74, 6) is 0.703. The molecule has 0 saturated carbocycles. The van der Waals surface area contributed by atoms with E-state index in [0.29, 0.717) is 11.5 Å². The third kappa shape index (κ3) is 1.44. The number of fused-ring (bicyclic) bond motifs is 1. The van der Waals surface area contributed by atoms with Gasteiger partial charge >= 0.3 is 0 Å². The number of rotatable bonds is 2. The second kappa shape index (κ2) is 3.65. The largest absolute Gasteiger partial charge is 0.454 e. The number of nitrogens with two attached hydrogens (primary N) is 1. The van der Waals surface area contributed by atoms with Crippen molar-refractivity contribution in [2.75, 3.05) is 0 Å². The fourth-order valence-corrected chi connectivity index (χ4v) is 1.61. The maximum absolute atomic E-state index is 5.85. The van der Waals surface area contributed by atoms with Crippen LogP contribution >= 0.6 is 0 Å². The average Bonchev–Trinajstić information content (AvgIpc) is 2.66. The van der Waals surface area contributed by atoms with Crippen LogP contribution in [-0.4, -0.2) is 0 Å². The van der Waals surface area contributed by atoms with Crippen molar-refractivity contribution in [1.29, 1.82) is 0 Å². The second-order valence-electron chi connectivity index (χ2n) is 3.29. The predicted molar refractivity (Wildman–Crippen MR) is 64.1 cm³/mol. The first kappa shape index (κ1) is 9.59. The van der Waals surface area contributed by atoms with Gasteiger partial charge in [0.25, 0.3) is 0 Å². The Hall–Kier alpha value is -1.96. The quantitative estimate of drug-likeness (QED) is 0.805. The van der Waals surface area contributed by atoms with Gasteiger partial charge in [-0.25, -0.2) is 0 Å². The molecular formula is C13H13NO. The number of furan rings is 1. The molecule has 0 aliphatic rings. The lowest BCUT2D eigenvalue weighted by molar-refractivity contribution is 0.597. The molecule has 1 heterocycles. The minimum absolute atomic E-state index is 0.640. The number of benzene rings is 1. The van der Waals surface area contributed by atoms with Gasteiger partial charge in [0.05, 0.1) is 5.70 Å². The highest BCUT2D eigenvalue weighted by molar-refractivity contribution is 5.92. The monoisotopic (exact) mass is 199 g/mol. The van der Waals surface area contributed by atoms with Crippen LogP contribution in [0, 0.1) is 0 Å². The summed E-state index contributed by atoms with van der Waals surface area (Å²) < 4.78 is 5.68. The maximum Gasteiger partial charge on any atom is 0.157 e. The molecule has 2 aromatic rings. The highest BCUT2D eigenvalue weighted by Crippen LogP contribution is 2.29. The van der Waals surface area contributed by atoms with Crippen LogP contribution in [0.3, 0.4) is 0 Å². The molecule has 0 aliphatic carbocycles. The van der Waals surface area contributed by atoms with E-state index in [1.54, 1.807) is 6.08 Å². The topological polar surface area (TPSA) is 39.2 Å². The Bertz CT molecular complexity index is 534. The third-order valence-electron chi connectivity index (χ3n) is 2.41. The molecule has 0 atom stereocenters. The van der Waals surface area contributed by atoms with Gasteiger partial charge in [-0.1, -0.05) is 36.9 Å². The molecule has 2 nitrogen and oxygen atoms in total. The van der Waals surface area contributed by atoms with Crippen LogP contribution in [0.1, 0.15) is 18.2 Å². The van der Waals surface area contributed by atoms with Gasteiger partial charge in [-0.15, -0.1) is 0 Å². The fourth-order valence-electron chi connectivity index (χ4n) is 1.61. The molecule has 1 aromatic heterocycles. The zero-order valence-electron chi connectivity index (χ0n) is 8.66. The SMILES string of the molecule is C=Cc1c(/C(N)=C\C)oc2ccccc12. The van der Waals surface area contributed by atoms with Gasteiger partial charge in [0.2, 0.25) is 0 Å². The van der Waals surface area contributed by atoms with E-state index in [1.807, 2.05) is 37.3 Å². The summed E-state index contributed by atoms with van der Waals surface area (Å²) in [6.07, 6.45) is 3.60. The lowest BCUT2D eigenvalue weighted by Gasteiger charge is -1.96. The molecule has 2 heteroatoms. The Morgan fingerprint density at radius 2 is 2.13 bits per heavy atom. The van der Waals surface area contributed by atoms with E-state index in [-0.39, 0.29) is 0 Å². The Kier molecular flexibility index (Phi) is 2.34. The normalized spacial score (nSPS) is 11.9. The van der Waals surface area contributed by atoms with E-state index in [0.717, 1.165) is 16.5 Å². The van der Waals surface area contributed by atoms with E-state index >= 15 is 0 Å². The molecule has 0 fully saturated rings. The van der Waals surface area contributed by atoms with E-state index in [2.05, 4.69) is 6.58 Å². The van der Waals surface area contributed by atoms with Crippen molar-refractivity contribution in [2.45, 2.75) is 6.92 Å². The molecule has 0 spiro atoms. The first-order valence-electron chi connectivity index (χ1n) is 4.84. The van der Waals surface area contributed by atoms with E-state index in [1.165, 1.54) is 0 Å². The summed E-state index contributed by atoms with van der Waals surface area (Å²) in [7, 11) is 0. The second-order valence-corrected chi connectivity index (χ2v) is 3.29. The summed E-state index contributed by atoms with van der Waals surface area (Å²) in [5, 5.41) is 1.05. The molecule has 2 N–H and O–H groups in total. The van der Waals surface area contributed by atoms with Crippen molar-refractivity contribution in [3.05, 3.63) is 48.2 Å². The number of para-hydroxylation sites is 1. The third-order valence-corrected chi connectivity index (χ3v) is 2.41. The van der Waals surface area contributed by atoms with Gasteiger partial charge in [-0.3, -0.25) is 0 Å². The molecule has 2 rings (SSSR count). The molecule has 1 aromatic carbocycles. The minimum atomic E-state index is 0.640. The van der Waals surface area contributed by atoms with Crippen LogP contribution in [0.4, 0.5) is 0 Å². The Morgan fingerprint density at radius 1 is 1.40 bits per heavy atom. The zero-order chi connectivity index (χ0) is 10.8. The fraction of sp³-hybridized carbons (Fsp3) is 0.0769. The van der Waals surface area contributed by atoms with Crippen molar-refractivity contribution < 1.29 is 4.42 Å². The molecule has 0 radical (unpaired) electrons. The van der Waals surface area contributed by atoms with Crippen molar-refractivity contribution in [2.24, 2.45) is 5.73 Å². The molecule has 76 valence electrons. The molecule has 0 bridgehead atoms. The minimum Gasteiger partial charge on any atom is -0.454 e. The summed E-state index contributed by atoms with van der Waals surface area (Å²) in [6, 6.07) is 7.84. The summed E-state index contributed by atoms with van der Waals surface area (Å²) in [4.78, 5) is 0. The Balaban J connectivity index is 2.80. The molecule has 15 heavy (non-hydrogen) atoms. The van der Waals surface area contributed by atoms with E-state index in [4.69, 9.17) is 10.2 Å². The Labute approximate surface area is 88.7 Å². The average molecular weight is 199 g/mol. The van der Waals surface area contributed by atoms with Gasteiger partial charge in [-0.05, 0) is 13.0 Å². The first-order valence-corrected chi connectivity index (χ1v) is 4.84. The van der Waals surface area contributed by atoms with Crippen molar-refractivity contribution >= 4 is 22.7 Å². The van der Waals surface area contributed by atoms with Crippen LogP contribution in [0.2, 0.25) is 0 Å². The number of hydrogen-bond acceptors (Lipinski definition) is 2. The molecule has 0 saturated heterocycles. The molecule has 0 aliphatic heterocycles. The van der Waals surface area contributed by atoms with E-state index < -0.39 is 0 Å². The number of hydrogen-bond donors (Lipinski definition) is 1. The van der Waals surface area contributed by atoms with Gasteiger partial charge in [0, 0.05) is 10.9 Å². The number of allylic oxidation sites excluding steroid dienone is 1. The zero-order valence-corrected chi connectivity index (χ0v) is 8.66. The van der Waals surface area contributed by atoms with Crippen molar-refractivity contribution in [3.63, 3.8) is 0 Å². The van der Waals surface area contributed by atoms with Crippen LogP contribution < -0.4 is 5.73 Å². The smallest absolute Gasteiger partial charge is 0.157 e. The summed E-state index contributed by atoms with van der Waals surface area (Å²) in [5.41, 5.74) is 8.29. The Morgan fingerprint density at radius 3 is 2.80 bits per heavy atom.